The van der Waals surface area contributed by atoms with Crippen LogP contribution in [0, 0.1) is 28.6 Å². The molecule has 0 radical (unpaired) electrons. The van der Waals surface area contributed by atoms with Crippen molar-refractivity contribution >= 4 is 11.6 Å². The highest BCUT2D eigenvalue weighted by atomic mass is 16.5. The van der Waals surface area contributed by atoms with E-state index in [-0.39, 0.29) is 29.5 Å². The van der Waals surface area contributed by atoms with Gasteiger partial charge in [0, 0.05) is 17.8 Å². The molecule has 4 rings (SSSR count). The van der Waals surface area contributed by atoms with Crippen LogP contribution in [0.2, 0.25) is 0 Å². The molecule has 27 heavy (non-hydrogen) atoms. The zero-order valence-electron chi connectivity index (χ0n) is 17.0. The van der Waals surface area contributed by atoms with Crippen LogP contribution in [-0.2, 0) is 14.3 Å². The smallest absolute Gasteiger partial charge is 0.156 e. The first kappa shape index (κ1) is 19.3. The summed E-state index contributed by atoms with van der Waals surface area (Å²) in [4.78, 5) is 26.6. The average Bonchev–Trinajstić information content (AvgIpc) is 2.55. The van der Waals surface area contributed by atoms with Crippen LogP contribution in [-0.4, -0.2) is 46.2 Å². The van der Waals surface area contributed by atoms with Gasteiger partial charge in [0.2, 0.25) is 0 Å². The molecule has 0 spiro atoms. The zero-order chi connectivity index (χ0) is 19.9. The lowest BCUT2D eigenvalue weighted by molar-refractivity contribution is -0.239. The number of carbonyl (C=O) groups excluding carboxylic acids is 2. The maximum Gasteiger partial charge on any atom is 0.156 e. The van der Waals surface area contributed by atoms with Crippen molar-refractivity contribution < 1.29 is 24.5 Å². The largest absolute Gasteiger partial charge is 0.392 e. The summed E-state index contributed by atoms with van der Waals surface area (Å²) in [5.74, 6) is -1.26. The summed E-state index contributed by atoms with van der Waals surface area (Å²) >= 11 is 0. The van der Waals surface area contributed by atoms with E-state index in [9.17, 15) is 19.8 Å². The number of aliphatic hydroxyl groups is 2. The van der Waals surface area contributed by atoms with Gasteiger partial charge in [-0.2, -0.15) is 0 Å². The van der Waals surface area contributed by atoms with E-state index in [1.165, 1.54) is 6.92 Å². The van der Waals surface area contributed by atoms with Gasteiger partial charge in [-0.1, -0.05) is 19.4 Å². The van der Waals surface area contributed by atoms with Crippen LogP contribution in [0.3, 0.4) is 0 Å². The third kappa shape index (κ3) is 2.28. The SMILES string of the molecule is CC(=O)C1C(=O)C2(C)C(O)CC3OCC3C2CC2(O)CCC(C)=C1C2(C)C. The fourth-order valence-electron chi connectivity index (χ4n) is 6.61. The molecule has 1 saturated heterocycles. The van der Waals surface area contributed by atoms with Crippen molar-refractivity contribution in [2.75, 3.05) is 6.61 Å². The van der Waals surface area contributed by atoms with Crippen LogP contribution in [0.15, 0.2) is 11.1 Å². The number of Topliss-reactive ketones (excluding diaryl/α,β-unsaturated/α-hetero) is 2. The quantitative estimate of drug-likeness (QED) is 0.542. The van der Waals surface area contributed by atoms with Crippen LogP contribution in [0.25, 0.3) is 0 Å². The molecule has 5 heteroatoms. The molecule has 7 unspecified atom stereocenters. The van der Waals surface area contributed by atoms with Gasteiger partial charge in [0.1, 0.15) is 5.78 Å². The molecule has 3 aliphatic carbocycles. The highest BCUT2D eigenvalue weighted by molar-refractivity contribution is 6.07. The Balaban J connectivity index is 1.96. The molecule has 1 heterocycles. The number of carbonyl (C=O) groups is 2. The molecule has 2 bridgehead atoms. The predicted octanol–water partition coefficient (Wildman–Crippen LogP) is 2.43. The third-order valence-corrected chi connectivity index (χ3v) is 8.67. The minimum Gasteiger partial charge on any atom is -0.392 e. The Morgan fingerprint density at radius 1 is 1.26 bits per heavy atom. The highest BCUT2D eigenvalue weighted by Crippen LogP contribution is 2.62. The average molecular weight is 376 g/mol. The van der Waals surface area contributed by atoms with Gasteiger partial charge < -0.3 is 14.9 Å². The standard InChI is InChI=1S/C22H32O5/c1-11-6-7-22(26)9-14-13-10-27-15(13)8-16(24)21(14,5)19(25)17(12(2)23)18(11)20(22,3)4/h13-17,24,26H,6-10H2,1-5H3. The Hall–Kier alpha value is -1.04. The number of hydrogen-bond donors (Lipinski definition) is 2. The monoisotopic (exact) mass is 376 g/mol. The molecule has 0 aromatic rings. The van der Waals surface area contributed by atoms with Gasteiger partial charge in [-0.15, -0.1) is 0 Å². The first-order valence-corrected chi connectivity index (χ1v) is 10.2. The lowest BCUT2D eigenvalue weighted by atomic mass is 9.46. The lowest BCUT2D eigenvalue weighted by Crippen LogP contribution is -2.67. The third-order valence-electron chi connectivity index (χ3n) is 8.67. The number of hydrogen-bond acceptors (Lipinski definition) is 5. The minimum atomic E-state index is -1.03. The van der Waals surface area contributed by atoms with E-state index in [0.717, 1.165) is 11.1 Å². The maximum absolute atomic E-state index is 13.9. The van der Waals surface area contributed by atoms with Crippen molar-refractivity contribution in [1.29, 1.82) is 0 Å². The fraction of sp³-hybridized carbons (Fsp3) is 0.818. The van der Waals surface area contributed by atoms with Crippen LogP contribution in [0.1, 0.15) is 60.3 Å². The van der Waals surface area contributed by atoms with Crippen LogP contribution in [0.5, 0.6) is 0 Å². The molecule has 0 aromatic heterocycles. The van der Waals surface area contributed by atoms with Gasteiger partial charge in [0.05, 0.1) is 35.7 Å². The first-order valence-electron chi connectivity index (χ1n) is 10.2. The van der Waals surface area contributed by atoms with Crippen molar-refractivity contribution in [3.8, 4) is 0 Å². The zero-order valence-corrected chi connectivity index (χ0v) is 17.0. The van der Waals surface area contributed by atoms with E-state index < -0.39 is 28.5 Å². The molecule has 4 aliphatic rings. The summed E-state index contributed by atoms with van der Waals surface area (Å²) < 4.78 is 5.66. The van der Waals surface area contributed by atoms with Gasteiger partial charge in [-0.25, -0.2) is 0 Å². The molecular weight excluding hydrogens is 344 g/mol. The first-order chi connectivity index (χ1) is 12.4. The molecular formula is C22H32O5. The van der Waals surface area contributed by atoms with Gasteiger partial charge in [-0.3, -0.25) is 9.59 Å². The summed E-state index contributed by atoms with van der Waals surface area (Å²) in [6.07, 6.45) is 1.30. The predicted molar refractivity (Wildman–Crippen MR) is 99.9 cm³/mol. The summed E-state index contributed by atoms with van der Waals surface area (Å²) in [5, 5.41) is 22.8. The Kier molecular flexibility index (Phi) is 4.10. The fourth-order valence-corrected chi connectivity index (χ4v) is 6.61. The minimum absolute atomic E-state index is 0.0480. The summed E-state index contributed by atoms with van der Waals surface area (Å²) in [6.45, 7) is 9.79. The number of aliphatic hydroxyl groups excluding tert-OH is 1. The topological polar surface area (TPSA) is 83.8 Å². The normalized spacial score (nSPS) is 48.7. The van der Waals surface area contributed by atoms with Gasteiger partial charge in [0.15, 0.2) is 5.78 Å². The van der Waals surface area contributed by atoms with Crippen molar-refractivity contribution in [2.24, 2.45) is 28.6 Å². The maximum atomic E-state index is 13.9. The second-order valence-corrected chi connectivity index (χ2v) is 10.1. The lowest BCUT2D eigenvalue weighted by Gasteiger charge is -2.62. The van der Waals surface area contributed by atoms with E-state index >= 15 is 0 Å². The number of allylic oxidation sites excluding steroid dienone is 1. The molecule has 2 saturated carbocycles. The van der Waals surface area contributed by atoms with Crippen LogP contribution in [0.4, 0.5) is 0 Å². The number of ether oxygens (including phenoxy) is 1. The van der Waals surface area contributed by atoms with Gasteiger partial charge >= 0.3 is 0 Å². The number of fused-ring (bicyclic) bond motifs is 5. The Labute approximate surface area is 161 Å². The second kappa shape index (κ2) is 5.74. The van der Waals surface area contributed by atoms with E-state index in [1.807, 2.05) is 27.7 Å². The van der Waals surface area contributed by atoms with Crippen molar-refractivity contribution in [3.05, 3.63) is 11.1 Å². The van der Waals surface area contributed by atoms with Crippen molar-refractivity contribution in [2.45, 2.75) is 78.1 Å². The van der Waals surface area contributed by atoms with Gasteiger partial charge in [-0.05, 0) is 51.5 Å². The summed E-state index contributed by atoms with van der Waals surface area (Å²) in [7, 11) is 0. The number of ketones is 2. The molecule has 5 nitrogen and oxygen atoms in total. The molecule has 150 valence electrons. The Morgan fingerprint density at radius 2 is 1.93 bits per heavy atom. The molecule has 3 fully saturated rings. The number of rotatable bonds is 1. The molecule has 2 N–H and O–H groups in total. The van der Waals surface area contributed by atoms with Crippen molar-refractivity contribution in [3.63, 3.8) is 0 Å². The Morgan fingerprint density at radius 3 is 2.48 bits per heavy atom. The molecule has 0 aromatic carbocycles. The molecule has 1 aliphatic heterocycles. The summed E-state index contributed by atoms with van der Waals surface area (Å²) in [6, 6.07) is 0. The molecule has 7 atom stereocenters. The van der Waals surface area contributed by atoms with Crippen molar-refractivity contribution in [1.82, 2.24) is 0 Å². The van der Waals surface area contributed by atoms with E-state index in [2.05, 4.69) is 0 Å². The van der Waals surface area contributed by atoms with Gasteiger partial charge in [0.25, 0.3) is 0 Å². The van der Waals surface area contributed by atoms with Crippen LogP contribution < -0.4 is 0 Å². The molecule has 0 amide bonds. The second-order valence-electron chi connectivity index (χ2n) is 10.1. The van der Waals surface area contributed by atoms with E-state index in [0.29, 0.717) is 32.3 Å². The van der Waals surface area contributed by atoms with E-state index in [1.54, 1.807) is 0 Å². The summed E-state index contributed by atoms with van der Waals surface area (Å²) in [5.41, 5.74) is -0.873. The van der Waals surface area contributed by atoms with E-state index in [4.69, 9.17) is 4.74 Å². The van der Waals surface area contributed by atoms with Crippen LogP contribution >= 0.6 is 0 Å². The Bertz CT molecular complexity index is 737. The highest BCUT2D eigenvalue weighted by Gasteiger charge is 2.66.